The average Bonchev–Trinajstić information content (AvgIpc) is 2.66. The summed E-state index contributed by atoms with van der Waals surface area (Å²) in [6.07, 6.45) is 4.57. The molecule has 0 fully saturated rings. The molecule has 1 rings (SSSR count). The van der Waals surface area contributed by atoms with Crippen LogP contribution < -0.4 is 0 Å². The molecular weight excluding hydrogens is 338 g/mol. The monoisotopic (exact) mass is 373 g/mol. The minimum Gasteiger partial charge on any atom is -0.465 e. The minimum atomic E-state index is -0.172. The summed E-state index contributed by atoms with van der Waals surface area (Å²) >= 11 is 0. The molecule has 0 amide bonds. The minimum absolute atomic E-state index is 0.172. The zero-order valence-corrected chi connectivity index (χ0v) is 17.2. The van der Waals surface area contributed by atoms with Gasteiger partial charge in [0.2, 0.25) is 0 Å². The first kappa shape index (κ1) is 23.1. The molecule has 5 heteroatoms. The molecule has 0 saturated carbocycles. The number of ether oxygens (including phenoxy) is 1. The van der Waals surface area contributed by atoms with Gasteiger partial charge < -0.3 is 9.64 Å². The molecule has 0 N–H and O–H groups in total. The molecule has 0 spiro atoms. The first-order valence-corrected chi connectivity index (χ1v) is 10.2. The summed E-state index contributed by atoms with van der Waals surface area (Å²) in [5.41, 5.74) is 1.76. The van der Waals surface area contributed by atoms with Crippen molar-refractivity contribution in [3.63, 3.8) is 0 Å². The number of rotatable bonds is 14. The summed E-state index contributed by atoms with van der Waals surface area (Å²) in [6, 6.07) is 7.60. The highest BCUT2D eigenvalue weighted by atomic mass is 16.5. The maximum absolute atomic E-state index is 11.9. The van der Waals surface area contributed by atoms with E-state index in [0.717, 1.165) is 44.6 Å². The van der Waals surface area contributed by atoms with E-state index >= 15 is 0 Å². The summed E-state index contributed by atoms with van der Waals surface area (Å²) in [7, 11) is 0. The number of unbranched alkanes of at least 4 members (excludes halogenated alkanes) is 1. The van der Waals surface area contributed by atoms with Crippen LogP contribution in [0.3, 0.4) is 0 Å². The van der Waals surface area contributed by atoms with Crippen LogP contribution in [0.15, 0.2) is 24.3 Å². The molecule has 150 valence electrons. The van der Waals surface area contributed by atoms with Crippen LogP contribution in [0.5, 0.6) is 0 Å². The van der Waals surface area contributed by atoms with Crippen molar-refractivity contribution in [3.8, 4) is 0 Å². The molecule has 27 heavy (non-hydrogen) atoms. The zero-order valence-electron chi connectivity index (χ0n) is 17.2. The van der Waals surface area contributed by atoms with Gasteiger partial charge in [-0.15, -0.1) is 0 Å². The van der Waals surface area contributed by atoms with E-state index in [4.69, 9.17) is 11.3 Å². The average molecular weight is 374 g/mol. The molecule has 0 aliphatic carbocycles. The summed E-state index contributed by atoms with van der Waals surface area (Å²) in [6.45, 7) is 19.1. The van der Waals surface area contributed by atoms with Gasteiger partial charge in [-0.3, -0.25) is 9.69 Å². The van der Waals surface area contributed by atoms with Gasteiger partial charge in [-0.2, -0.15) is 0 Å². The van der Waals surface area contributed by atoms with Crippen LogP contribution in [-0.4, -0.2) is 55.1 Å². The fourth-order valence-corrected chi connectivity index (χ4v) is 3.18. The Hall–Kier alpha value is -1.90. The molecule has 0 aliphatic rings. The van der Waals surface area contributed by atoms with Crippen molar-refractivity contribution in [1.29, 1.82) is 0 Å². The van der Waals surface area contributed by atoms with E-state index in [0.29, 0.717) is 25.4 Å². The molecule has 0 aliphatic heterocycles. The van der Waals surface area contributed by atoms with E-state index in [1.165, 1.54) is 12.8 Å². The lowest BCUT2D eigenvalue weighted by Gasteiger charge is -2.24. The van der Waals surface area contributed by atoms with Gasteiger partial charge in [-0.1, -0.05) is 38.1 Å². The molecule has 0 saturated heterocycles. The third-order valence-electron chi connectivity index (χ3n) is 4.41. The summed E-state index contributed by atoms with van der Waals surface area (Å²) < 4.78 is 5.13. The molecule has 1 aromatic carbocycles. The van der Waals surface area contributed by atoms with Crippen molar-refractivity contribution in [2.75, 3.05) is 39.3 Å². The summed E-state index contributed by atoms with van der Waals surface area (Å²) in [5, 5.41) is 0. The van der Waals surface area contributed by atoms with Crippen molar-refractivity contribution in [2.24, 2.45) is 0 Å². The van der Waals surface area contributed by atoms with Gasteiger partial charge in [0, 0.05) is 6.54 Å². The van der Waals surface area contributed by atoms with Gasteiger partial charge in [0.1, 0.15) is 0 Å². The smallest absolute Gasteiger partial charge is 0.320 e. The number of carbonyl (C=O) groups is 1. The van der Waals surface area contributed by atoms with Gasteiger partial charge in [-0.05, 0) is 64.3 Å². The van der Waals surface area contributed by atoms with Crippen molar-refractivity contribution in [3.05, 3.63) is 41.2 Å². The second kappa shape index (κ2) is 14.2. The Morgan fingerprint density at radius 3 is 2.07 bits per heavy atom. The van der Waals surface area contributed by atoms with Crippen molar-refractivity contribution in [1.82, 2.24) is 9.80 Å². The van der Waals surface area contributed by atoms with Gasteiger partial charge in [0.25, 0.3) is 0 Å². The van der Waals surface area contributed by atoms with Crippen molar-refractivity contribution < 1.29 is 9.53 Å². The Bertz CT molecular complexity index is 560. The molecule has 0 atom stereocenters. The van der Waals surface area contributed by atoms with Gasteiger partial charge in [-0.25, -0.2) is 4.85 Å². The normalized spacial score (nSPS) is 11.0. The maximum atomic E-state index is 11.9. The van der Waals surface area contributed by atoms with Crippen LogP contribution in [-0.2, 0) is 16.1 Å². The first-order valence-electron chi connectivity index (χ1n) is 10.2. The van der Waals surface area contributed by atoms with Crippen molar-refractivity contribution in [2.45, 2.75) is 53.0 Å². The second-order valence-corrected chi connectivity index (χ2v) is 6.84. The Labute approximate surface area is 165 Å². The van der Waals surface area contributed by atoms with E-state index in [-0.39, 0.29) is 5.97 Å². The molecule has 0 heterocycles. The number of carbonyl (C=O) groups excluding carboxylic acids is 1. The lowest BCUT2D eigenvalue weighted by molar-refractivity contribution is -0.144. The molecule has 1 aromatic rings. The molecular formula is C22H35N3O2. The van der Waals surface area contributed by atoms with Crippen LogP contribution in [0.2, 0.25) is 0 Å². The molecule has 0 unspecified atom stereocenters. The molecule has 5 nitrogen and oxygen atoms in total. The van der Waals surface area contributed by atoms with Crippen LogP contribution >= 0.6 is 0 Å². The van der Waals surface area contributed by atoms with Gasteiger partial charge >= 0.3 is 5.97 Å². The standard InChI is InChI=1S/C22H35N3O2/c1-5-14-24(15-6-2)16-8-9-17-25(19-22(26)27-7-3)18-20-10-12-21(23-4)13-11-20/h10-13H,5-9,14-19H2,1-3H3. The second-order valence-electron chi connectivity index (χ2n) is 6.84. The molecule has 0 aromatic heterocycles. The summed E-state index contributed by atoms with van der Waals surface area (Å²) in [4.78, 5) is 20.0. The first-order chi connectivity index (χ1) is 13.1. The van der Waals surface area contributed by atoms with Crippen LogP contribution in [0, 0.1) is 6.57 Å². The fourth-order valence-electron chi connectivity index (χ4n) is 3.18. The van der Waals surface area contributed by atoms with E-state index in [1.807, 2.05) is 31.2 Å². The maximum Gasteiger partial charge on any atom is 0.320 e. The number of esters is 1. The van der Waals surface area contributed by atoms with Gasteiger partial charge in [0.15, 0.2) is 5.69 Å². The highest BCUT2D eigenvalue weighted by molar-refractivity contribution is 5.71. The quantitative estimate of drug-likeness (QED) is 0.273. The molecule has 0 radical (unpaired) electrons. The van der Waals surface area contributed by atoms with Crippen LogP contribution in [0.4, 0.5) is 5.69 Å². The zero-order chi connectivity index (χ0) is 19.9. The van der Waals surface area contributed by atoms with Crippen LogP contribution in [0.1, 0.15) is 52.0 Å². The number of benzene rings is 1. The number of nitrogens with zero attached hydrogens (tertiary/aromatic N) is 3. The number of hydrogen-bond donors (Lipinski definition) is 0. The largest absolute Gasteiger partial charge is 0.465 e. The SMILES string of the molecule is [C-]#[N+]c1ccc(CN(CCCCN(CCC)CCC)CC(=O)OCC)cc1. The predicted molar refractivity (Wildman–Crippen MR) is 111 cm³/mol. The van der Waals surface area contributed by atoms with Crippen LogP contribution in [0.25, 0.3) is 4.85 Å². The van der Waals surface area contributed by atoms with Gasteiger partial charge in [0.05, 0.1) is 19.7 Å². The Morgan fingerprint density at radius 1 is 0.963 bits per heavy atom. The van der Waals surface area contributed by atoms with E-state index < -0.39 is 0 Å². The van der Waals surface area contributed by atoms with E-state index in [2.05, 4.69) is 28.5 Å². The Kier molecular flexibility index (Phi) is 12.2. The van der Waals surface area contributed by atoms with E-state index in [9.17, 15) is 4.79 Å². The molecule has 0 bridgehead atoms. The highest BCUT2D eigenvalue weighted by Gasteiger charge is 2.12. The van der Waals surface area contributed by atoms with E-state index in [1.54, 1.807) is 0 Å². The Balaban J connectivity index is 2.54. The van der Waals surface area contributed by atoms with Crippen molar-refractivity contribution >= 4 is 11.7 Å². The third kappa shape index (κ3) is 10.1. The number of hydrogen-bond acceptors (Lipinski definition) is 4. The Morgan fingerprint density at radius 2 is 1.56 bits per heavy atom. The predicted octanol–water partition coefficient (Wildman–Crippen LogP) is 4.50. The third-order valence-corrected chi connectivity index (χ3v) is 4.41. The summed E-state index contributed by atoms with van der Waals surface area (Å²) in [5.74, 6) is -0.172. The fraction of sp³-hybridized carbons (Fsp3) is 0.636. The highest BCUT2D eigenvalue weighted by Crippen LogP contribution is 2.14. The lowest BCUT2D eigenvalue weighted by atomic mass is 10.2. The lowest BCUT2D eigenvalue weighted by Crippen LogP contribution is -2.32. The topological polar surface area (TPSA) is 37.1 Å².